The first-order valence-corrected chi connectivity index (χ1v) is 9.21. The minimum atomic E-state index is -5.11. The molecule has 0 radical (unpaired) electrons. The second kappa shape index (κ2) is 7.53. The van der Waals surface area contributed by atoms with Gasteiger partial charge in [-0.05, 0) is 25.1 Å². The summed E-state index contributed by atoms with van der Waals surface area (Å²) < 4.78 is 99.8. The van der Waals surface area contributed by atoms with E-state index >= 15 is 0 Å². The number of nitrogens with zero attached hydrogens (tertiary/aromatic N) is 3. The minimum absolute atomic E-state index is 0.00345. The number of pyridine rings is 1. The summed E-state index contributed by atoms with van der Waals surface area (Å²) in [6.45, 7) is -0.695. The van der Waals surface area contributed by atoms with E-state index < -0.39 is 65.0 Å². The molecule has 7 nitrogen and oxygen atoms in total. The molecule has 0 saturated carbocycles. The predicted octanol–water partition coefficient (Wildman–Crippen LogP) is 3.92. The van der Waals surface area contributed by atoms with E-state index in [1.807, 2.05) is 5.32 Å². The van der Waals surface area contributed by atoms with Crippen molar-refractivity contribution in [3.63, 3.8) is 0 Å². The highest BCUT2D eigenvalue weighted by Gasteiger charge is 2.50. The fraction of sp³-hybridized carbons (Fsp3) is 0.444. The highest BCUT2D eigenvalue weighted by Crippen LogP contribution is 2.45. The van der Waals surface area contributed by atoms with Crippen molar-refractivity contribution in [2.75, 3.05) is 25.1 Å². The molecule has 2 N–H and O–H groups in total. The van der Waals surface area contributed by atoms with Crippen LogP contribution in [0.5, 0.6) is 0 Å². The van der Waals surface area contributed by atoms with Crippen LogP contribution in [0.2, 0.25) is 0 Å². The van der Waals surface area contributed by atoms with Crippen molar-refractivity contribution < 1.29 is 40.3 Å². The Bertz CT molecular complexity index is 1050. The van der Waals surface area contributed by atoms with Crippen molar-refractivity contribution in [1.82, 2.24) is 20.3 Å². The molecule has 0 aromatic carbocycles. The van der Waals surface area contributed by atoms with Crippen LogP contribution in [0.3, 0.4) is 0 Å². The van der Waals surface area contributed by atoms with Crippen molar-refractivity contribution in [3.8, 4) is 11.4 Å². The number of alkyl halides is 7. The molecule has 4 rings (SSSR count). The number of hydrogen-bond acceptors (Lipinski definition) is 6. The summed E-state index contributed by atoms with van der Waals surface area (Å²) in [5.74, 6) is -0.572. The van der Waals surface area contributed by atoms with E-state index in [0.29, 0.717) is 18.7 Å². The lowest BCUT2D eigenvalue weighted by Gasteiger charge is -2.29. The van der Waals surface area contributed by atoms with Gasteiger partial charge in [0.05, 0.1) is 27.9 Å². The van der Waals surface area contributed by atoms with Gasteiger partial charge in [0.15, 0.2) is 0 Å². The quantitative estimate of drug-likeness (QED) is 0.669. The van der Waals surface area contributed by atoms with E-state index in [1.165, 1.54) is 0 Å². The number of ether oxygens (including phenoxy) is 1. The van der Waals surface area contributed by atoms with Crippen LogP contribution in [0.15, 0.2) is 18.5 Å². The van der Waals surface area contributed by atoms with Gasteiger partial charge in [-0.25, -0.2) is 14.8 Å². The normalized spacial score (nSPS) is 23.5. The summed E-state index contributed by atoms with van der Waals surface area (Å²) in [7, 11) is 0. The van der Waals surface area contributed by atoms with Crippen LogP contribution in [0, 0.1) is 0 Å². The first-order chi connectivity index (χ1) is 14.9. The number of amides is 1. The van der Waals surface area contributed by atoms with E-state index in [0.717, 1.165) is 6.33 Å². The van der Waals surface area contributed by atoms with Crippen LogP contribution in [0.1, 0.15) is 29.3 Å². The third-order valence-corrected chi connectivity index (χ3v) is 5.33. The molecule has 4 heterocycles. The zero-order chi connectivity index (χ0) is 23.3. The van der Waals surface area contributed by atoms with Gasteiger partial charge in [-0.1, -0.05) is 0 Å². The van der Waals surface area contributed by atoms with Gasteiger partial charge in [-0.15, -0.1) is 0 Å². The second-order valence-corrected chi connectivity index (χ2v) is 7.40. The highest BCUT2D eigenvalue weighted by molar-refractivity contribution is 5.88. The van der Waals surface area contributed by atoms with Crippen LogP contribution in [-0.2, 0) is 16.3 Å². The van der Waals surface area contributed by atoms with E-state index in [2.05, 4.69) is 25.0 Å². The topological polar surface area (TPSA) is 89.0 Å². The number of halogens is 7. The predicted molar refractivity (Wildman–Crippen MR) is 94.3 cm³/mol. The first kappa shape index (κ1) is 22.2. The molecule has 1 saturated heterocycles. The molecule has 1 fully saturated rings. The summed E-state index contributed by atoms with van der Waals surface area (Å²) in [5, 5.41) is 4.83. The lowest BCUT2D eigenvalue weighted by Crippen LogP contribution is -2.35. The molecule has 0 bridgehead atoms. The summed E-state index contributed by atoms with van der Waals surface area (Å²) in [6.07, 6.45) is -13.3. The number of carbonyl (C=O) groups is 1. The summed E-state index contributed by atoms with van der Waals surface area (Å²) in [6, 6.07) is 1.20. The molecular weight excluding hydrogens is 451 g/mol. The maximum atomic E-state index is 13.9. The number of anilines is 1. The second-order valence-electron chi connectivity index (χ2n) is 7.40. The largest absolute Gasteiger partial charge is 0.431 e. The Morgan fingerprint density at radius 3 is 2.50 bits per heavy atom. The Morgan fingerprint density at radius 1 is 1.16 bits per heavy atom. The van der Waals surface area contributed by atoms with E-state index in [4.69, 9.17) is 0 Å². The molecule has 32 heavy (non-hydrogen) atoms. The first-order valence-electron chi connectivity index (χ1n) is 9.21. The van der Waals surface area contributed by atoms with Crippen molar-refractivity contribution in [2.24, 2.45) is 0 Å². The van der Waals surface area contributed by atoms with Crippen molar-refractivity contribution in [1.29, 1.82) is 0 Å². The molecule has 2 aromatic rings. The maximum absolute atomic E-state index is 13.9. The number of cyclic esters (lactones) is 1. The number of nitrogens with one attached hydrogen (secondary N) is 2. The highest BCUT2D eigenvalue weighted by atomic mass is 19.4. The van der Waals surface area contributed by atoms with Gasteiger partial charge in [-0.2, -0.15) is 26.3 Å². The summed E-state index contributed by atoms with van der Waals surface area (Å²) in [5.41, 5.74) is -4.87. The van der Waals surface area contributed by atoms with Crippen LogP contribution < -0.4 is 10.6 Å². The fourth-order valence-electron chi connectivity index (χ4n) is 3.70. The Kier molecular flexibility index (Phi) is 5.22. The number of rotatable bonds is 3. The standard InChI is InChI=1S/C18H14F7N5O2/c19-5-16(1-2-26-6-16)10-4-8(17(20,21)22)3-9(29-10)12-11-13(18(23,24)25)32-15(31)30-14(11)28-7-27-12/h3-4,7,13,26H,1-2,5-6H2,(H,27,28,30,31). The van der Waals surface area contributed by atoms with E-state index in [1.54, 1.807) is 0 Å². The average Bonchev–Trinajstić information content (AvgIpc) is 3.21. The monoisotopic (exact) mass is 465 g/mol. The smallest absolute Gasteiger partial charge is 0.430 e. The fourth-order valence-corrected chi connectivity index (χ4v) is 3.70. The molecule has 172 valence electrons. The number of carbonyl (C=O) groups excluding carboxylic acids is 1. The third-order valence-electron chi connectivity index (χ3n) is 5.33. The third kappa shape index (κ3) is 3.82. The van der Waals surface area contributed by atoms with Crippen LogP contribution >= 0.6 is 0 Å². The zero-order valence-electron chi connectivity index (χ0n) is 15.9. The van der Waals surface area contributed by atoms with Gasteiger partial charge in [-0.3, -0.25) is 14.7 Å². The Labute approximate surface area is 175 Å². The minimum Gasteiger partial charge on any atom is -0.431 e. The van der Waals surface area contributed by atoms with Gasteiger partial charge >= 0.3 is 18.4 Å². The molecule has 2 unspecified atom stereocenters. The van der Waals surface area contributed by atoms with Gasteiger partial charge in [0.1, 0.15) is 24.5 Å². The van der Waals surface area contributed by atoms with Crippen LogP contribution in [0.4, 0.5) is 41.3 Å². The van der Waals surface area contributed by atoms with Gasteiger partial charge in [0.25, 0.3) is 0 Å². The Morgan fingerprint density at radius 2 is 1.91 bits per heavy atom. The number of aromatic nitrogens is 3. The van der Waals surface area contributed by atoms with Gasteiger partial charge in [0, 0.05) is 6.54 Å². The van der Waals surface area contributed by atoms with Gasteiger partial charge in [0.2, 0.25) is 6.10 Å². The molecule has 2 aliphatic heterocycles. The van der Waals surface area contributed by atoms with Gasteiger partial charge < -0.3 is 10.1 Å². The number of hydrogen-bond donors (Lipinski definition) is 2. The van der Waals surface area contributed by atoms with E-state index in [-0.39, 0.29) is 18.7 Å². The van der Waals surface area contributed by atoms with E-state index in [9.17, 15) is 35.5 Å². The van der Waals surface area contributed by atoms with Crippen molar-refractivity contribution in [2.45, 2.75) is 30.3 Å². The summed E-state index contributed by atoms with van der Waals surface area (Å²) in [4.78, 5) is 22.9. The molecule has 2 atom stereocenters. The lowest BCUT2D eigenvalue weighted by molar-refractivity contribution is -0.206. The molecular formula is C18H14F7N5O2. The van der Waals surface area contributed by atoms with Crippen LogP contribution in [0.25, 0.3) is 11.4 Å². The number of fused-ring (bicyclic) bond motifs is 1. The maximum Gasteiger partial charge on any atom is 0.430 e. The molecule has 0 aliphatic carbocycles. The molecule has 14 heteroatoms. The SMILES string of the molecule is O=C1Nc2ncnc(-c3cc(C(F)(F)F)cc(C4(CF)CCNC4)n3)c2C(C(F)(F)F)O1. The average molecular weight is 465 g/mol. The zero-order valence-corrected chi connectivity index (χ0v) is 15.9. The lowest BCUT2D eigenvalue weighted by atomic mass is 9.83. The Hall–Kier alpha value is -3.03. The molecule has 1 amide bonds. The summed E-state index contributed by atoms with van der Waals surface area (Å²) >= 11 is 0. The molecule has 0 spiro atoms. The van der Waals surface area contributed by atoms with Crippen molar-refractivity contribution in [3.05, 3.63) is 35.3 Å². The van der Waals surface area contributed by atoms with Crippen LogP contribution in [-0.4, -0.2) is 47.0 Å². The molecule has 2 aromatic heterocycles. The van der Waals surface area contributed by atoms with Crippen molar-refractivity contribution >= 4 is 11.9 Å². The molecule has 2 aliphatic rings. The Balaban J connectivity index is 1.96.